The van der Waals surface area contributed by atoms with E-state index < -0.39 is 0 Å². The van der Waals surface area contributed by atoms with Gasteiger partial charge in [-0.3, -0.25) is 9.89 Å². The molecule has 98 valence electrons. The zero-order valence-corrected chi connectivity index (χ0v) is 11.3. The van der Waals surface area contributed by atoms with Gasteiger partial charge in [0, 0.05) is 31.4 Å². The lowest BCUT2D eigenvalue weighted by Crippen LogP contribution is -2.48. The summed E-state index contributed by atoms with van der Waals surface area (Å²) >= 11 is 0. The Kier molecular flexibility index (Phi) is 6.37. The molecular weight excluding hydrogens is 214 g/mol. The van der Waals surface area contributed by atoms with Gasteiger partial charge >= 0.3 is 0 Å². The molecule has 4 heteroatoms. The van der Waals surface area contributed by atoms with E-state index in [9.17, 15) is 0 Å². The molecule has 0 amide bonds. The zero-order valence-electron chi connectivity index (χ0n) is 11.3. The monoisotopic (exact) mass is 239 g/mol. The van der Waals surface area contributed by atoms with Gasteiger partial charge in [-0.1, -0.05) is 13.3 Å². The fourth-order valence-corrected chi connectivity index (χ4v) is 1.83. The molecule has 0 aromatic carbocycles. The van der Waals surface area contributed by atoms with E-state index >= 15 is 0 Å². The number of likely N-dealkylation sites (N-methyl/N-ethyl adjacent to an activating group) is 1. The van der Waals surface area contributed by atoms with E-state index in [4.69, 9.17) is 10.1 Å². The van der Waals surface area contributed by atoms with E-state index in [-0.39, 0.29) is 0 Å². The number of nitrogens with zero attached hydrogens (tertiary/aromatic N) is 2. The van der Waals surface area contributed by atoms with Crippen LogP contribution in [0.2, 0.25) is 0 Å². The third-order valence-electron chi connectivity index (χ3n) is 3.24. The lowest BCUT2D eigenvalue weighted by Gasteiger charge is -2.34. The maximum absolute atomic E-state index is 7.91. The molecular formula is C13H25N3O. The average Bonchev–Trinajstić information content (AvgIpc) is 2.22. The van der Waals surface area contributed by atoms with Crippen LogP contribution >= 0.6 is 0 Å². The first-order chi connectivity index (χ1) is 8.17. The summed E-state index contributed by atoms with van der Waals surface area (Å²) in [5, 5.41) is 7.91. The first-order valence-corrected chi connectivity index (χ1v) is 6.46. The first kappa shape index (κ1) is 14.3. The molecule has 0 spiro atoms. The molecule has 0 aromatic rings. The van der Waals surface area contributed by atoms with E-state index in [1.165, 1.54) is 0 Å². The van der Waals surface area contributed by atoms with Crippen LogP contribution < -0.4 is 0 Å². The molecule has 1 saturated heterocycles. The summed E-state index contributed by atoms with van der Waals surface area (Å²) in [6.07, 6.45) is 3.91. The standard InChI is InChI=1S/C13H25N3O/c1-4-5-6-11(14)7-12(15-2)8-16(3)13-9-17-10-13/h13-14H,4-10H2,1-3H3. The lowest BCUT2D eigenvalue weighted by molar-refractivity contribution is -0.0512. The molecule has 1 aliphatic heterocycles. The lowest BCUT2D eigenvalue weighted by atomic mass is 10.1. The molecule has 0 aliphatic carbocycles. The number of ether oxygens (including phenoxy) is 1. The summed E-state index contributed by atoms with van der Waals surface area (Å²) in [5.41, 5.74) is 1.92. The SMILES string of the molecule is CCCCC(=N)CC(CN(C)C1COC1)=NC. The number of hydrogen-bond acceptors (Lipinski definition) is 4. The second-order valence-corrected chi connectivity index (χ2v) is 4.78. The molecule has 0 saturated carbocycles. The predicted octanol–water partition coefficient (Wildman–Crippen LogP) is 1.99. The van der Waals surface area contributed by atoms with Gasteiger partial charge in [-0.25, -0.2) is 0 Å². The Morgan fingerprint density at radius 3 is 2.65 bits per heavy atom. The molecule has 1 aliphatic rings. The van der Waals surface area contributed by atoms with Crippen molar-refractivity contribution in [3.63, 3.8) is 0 Å². The van der Waals surface area contributed by atoms with Crippen molar-refractivity contribution in [3.8, 4) is 0 Å². The highest BCUT2D eigenvalue weighted by Gasteiger charge is 2.23. The van der Waals surface area contributed by atoms with Gasteiger partial charge in [0.25, 0.3) is 0 Å². The molecule has 0 aromatic heterocycles. The molecule has 1 fully saturated rings. The van der Waals surface area contributed by atoms with Crippen molar-refractivity contribution in [1.82, 2.24) is 4.90 Å². The minimum Gasteiger partial charge on any atom is -0.378 e. The Hall–Kier alpha value is -0.740. The zero-order chi connectivity index (χ0) is 12.7. The van der Waals surface area contributed by atoms with E-state index in [0.29, 0.717) is 6.04 Å². The maximum atomic E-state index is 7.91. The third-order valence-corrected chi connectivity index (χ3v) is 3.24. The van der Waals surface area contributed by atoms with Gasteiger partial charge in [0.15, 0.2) is 0 Å². The van der Waals surface area contributed by atoms with Crippen LogP contribution in [-0.4, -0.2) is 56.2 Å². The van der Waals surface area contributed by atoms with Crippen LogP contribution in [0, 0.1) is 5.41 Å². The summed E-state index contributed by atoms with van der Waals surface area (Å²) in [6, 6.07) is 0.538. The van der Waals surface area contributed by atoms with Gasteiger partial charge < -0.3 is 10.1 Å². The summed E-state index contributed by atoms with van der Waals surface area (Å²) in [5.74, 6) is 0. The highest BCUT2D eigenvalue weighted by Crippen LogP contribution is 2.09. The number of nitrogens with one attached hydrogen (secondary N) is 1. The number of hydrogen-bond donors (Lipinski definition) is 1. The second kappa shape index (κ2) is 7.56. The molecule has 17 heavy (non-hydrogen) atoms. The summed E-state index contributed by atoms with van der Waals surface area (Å²) in [7, 11) is 3.93. The number of aliphatic imine (C=N–C) groups is 1. The Balaban J connectivity index is 2.30. The van der Waals surface area contributed by atoms with E-state index in [1.807, 2.05) is 7.05 Å². The van der Waals surface area contributed by atoms with Crippen molar-refractivity contribution in [2.24, 2.45) is 4.99 Å². The van der Waals surface area contributed by atoms with Crippen LogP contribution in [0.3, 0.4) is 0 Å². The second-order valence-electron chi connectivity index (χ2n) is 4.78. The van der Waals surface area contributed by atoms with E-state index in [1.54, 1.807) is 0 Å². The molecule has 4 nitrogen and oxygen atoms in total. The summed E-state index contributed by atoms with van der Waals surface area (Å²) in [6.45, 7) is 4.69. The number of unbranched alkanes of at least 4 members (excludes halogenated alkanes) is 1. The van der Waals surface area contributed by atoms with Gasteiger partial charge in [0.05, 0.1) is 19.3 Å². The average molecular weight is 239 g/mol. The largest absolute Gasteiger partial charge is 0.378 e. The minimum absolute atomic E-state index is 0.538. The molecule has 0 unspecified atom stereocenters. The quantitative estimate of drug-likeness (QED) is 0.658. The fourth-order valence-electron chi connectivity index (χ4n) is 1.83. The molecule has 1 N–H and O–H groups in total. The Labute approximate surface area is 105 Å². The van der Waals surface area contributed by atoms with Crippen molar-refractivity contribution in [1.29, 1.82) is 5.41 Å². The highest BCUT2D eigenvalue weighted by molar-refractivity contribution is 6.04. The predicted molar refractivity (Wildman–Crippen MR) is 72.5 cm³/mol. The molecule has 0 atom stereocenters. The Bertz CT molecular complexity index is 272. The van der Waals surface area contributed by atoms with Gasteiger partial charge in [0.2, 0.25) is 0 Å². The smallest absolute Gasteiger partial charge is 0.0645 e. The van der Waals surface area contributed by atoms with Crippen LogP contribution in [0.15, 0.2) is 4.99 Å². The Morgan fingerprint density at radius 1 is 1.47 bits per heavy atom. The molecule has 0 bridgehead atoms. The van der Waals surface area contributed by atoms with Crippen LogP contribution in [-0.2, 0) is 4.74 Å². The summed E-state index contributed by atoms with van der Waals surface area (Å²) in [4.78, 5) is 6.59. The van der Waals surface area contributed by atoms with E-state index in [0.717, 1.165) is 56.9 Å². The third kappa shape index (κ3) is 4.96. The van der Waals surface area contributed by atoms with Crippen molar-refractivity contribution >= 4 is 11.4 Å². The van der Waals surface area contributed by atoms with Crippen LogP contribution in [0.1, 0.15) is 32.6 Å². The number of rotatable bonds is 8. The van der Waals surface area contributed by atoms with Crippen molar-refractivity contribution in [2.75, 3.05) is 33.9 Å². The van der Waals surface area contributed by atoms with Crippen LogP contribution in [0.5, 0.6) is 0 Å². The van der Waals surface area contributed by atoms with Crippen LogP contribution in [0.25, 0.3) is 0 Å². The Morgan fingerprint density at radius 2 is 2.18 bits per heavy atom. The fraction of sp³-hybridized carbons (Fsp3) is 0.846. The van der Waals surface area contributed by atoms with Crippen molar-refractivity contribution in [3.05, 3.63) is 0 Å². The van der Waals surface area contributed by atoms with E-state index in [2.05, 4.69) is 23.9 Å². The first-order valence-electron chi connectivity index (χ1n) is 6.46. The van der Waals surface area contributed by atoms with Gasteiger partial charge in [-0.2, -0.15) is 0 Å². The van der Waals surface area contributed by atoms with Crippen LogP contribution in [0.4, 0.5) is 0 Å². The molecule has 1 heterocycles. The van der Waals surface area contributed by atoms with Gasteiger partial charge in [-0.15, -0.1) is 0 Å². The summed E-state index contributed by atoms with van der Waals surface area (Å²) < 4.78 is 5.18. The van der Waals surface area contributed by atoms with Crippen molar-refractivity contribution < 1.29 is 4.74 Å². The minimum atomic E-state index is 0.538. The molecule has 0 radical (unpaired) electrons. The normalized spacial score (nSPS) is 17.3. The van der Waals surface area contributed by atoms with Gasteiger partial charge in [-0.05, 0) is 19.9 Å². The topological polar surface area (TPSA) is 48.7 Å². The highest BCUT2D eigenvalue weighted by atomic mass is 16.5. The van der Waals surface area contributed by atoms with Crippen molar-refractivity contribution in [2.45, 2.75) is 38.6 Å². The van der Waals surface area contributed by atoms with Gasteiger partial charge in [0.1, 0.15) is 0 Å². The molecule has 1 rings (SSSR count). The maximum Gasteiger partial charge on any atom is 0.0645 e.